The van der Waals surface area contributed by atoms with Crippen LogP contribution >= 0.6 is 0 Å². The Labute approximate surface area is 288 Å². The minimum absolute atomic E-state index is 0.0358. The molecule has 3 heterocycles. The molecule has 0 bridgehead atoms. The van der Waals surface area contributed by atoms with Crippen LogP contribution in [0.1, 0.15) is 118 Å². The molecule has 48 heavy (non-hydrogen) atoms. The quantitative estimate of drug-likeness (QED) is 0.0550. The summed E-state index contributed by atoms with van der Waals surface area (Å²) in [6.45, 7) is 21.6. The van der Waals surface area contributed by atoms with E-state index >= 15 is 0 Å². The summed E-state index contributed by atoms with van der Waals surface area (Å²) < 4.78 is 24.9. The predicted molar refractivity (Wildman–Crippen MR) is 184 cm³/mol. The number of nitrogens with one attached hydrogen (secondary N) is 1. The maximum atomic E-state index is 11.9. The Morgan fingerprint density at radius 2 is 1.56 bits per heavy atom. The van der Waals surface area contributed by atoms with Crippen molar-refractivity contribution in [1.82, 2.24) is 5.32 Å². The summed E-state index contributed by atoms with van der Waals surface area (Å²) in [5.74, 6) is -1.65. The lowest BCUT2D eigenvalue weighted by Crippen LogP contribution is -2.74. The fourth-order valence-electron chi connectivity index (χ4n) is 7.12. The number of benzene rings is 1. The first kappa shape index (κ1) is 38.5. The van der Waals surface area contributed by atoms with Crippen molar-refractivity contribution >= 4 is 26.1 Å². The van der Waals surface area contributed by atoms with Gasteiger partial charge in [-0.3, -0.25) is 19.7 Å². The van der Waals surface area contributed by atoms with Crippen molar-refractivity contribution in [3.63, 3.8) is 0 Å². The highest BCUT2D eigenvalue weighted by Gasteiger charge is 2.82. The van der Waals surface area contributed by atoms with Crippen molar-refractivity contribution in [2.45, 2.75) is 148 Å². The third-order valence-corrected chi connectivity index (χ3v) is 15.1. The molecule has 0 aliphatic carbocycles. The Morgan fingerprint density at radius 3 is 2.15 bits per heavy atom. The summed E-state index contributed by atoms with van der Waals surface area (Å²) in [5, 5.41) is 2.18. The van der Waals surface area contributed by atoms with Gasteiger partial charge in [0, 0.05) is 23.9 Å². The molecular weight excluding hydrogens is 630 g/mol. The maximum absolute atomic E-state index is 11.9. The minimum Gasteiger partial charge on any atom is -0.543 e. The fourth-order valence-corrected chi connectivity index (χ4v) is 8.15. The van der Waals surface area contributed by atoms with Crippen LogP contribution in [-0.4, -0.2) is 57.6 Å². The Balaban J connectivity index is 1.20. The lowest BCUT2D eigenvalue weighted by Gasteiger charge is -2.61. The number of carbonyl (C=O) groups is 3. The fraction of sp³-hybridized carbons (Fsp3) is 0.757. The Hall–Kier alpha value is -2.31. The Morgan fingerprint density at radius 1 is 0.938 bits per heavy atom. The molecule has 2 amide bonds. The molecule has 3 atom stereocenters. The number of imide groups is 1. The summed E-state index contributed by atoms with van der Waals surface area (Å²) in [7, 11) is -2.14. The van der Waals surface area contributed by atoms with E-state index in [-0.39, 0.29) is 23.3 Å². The molecule has 3 aliphatic heterocycles. The highest BCUT2D eigenvalue weighted by atomic mass is 28.4. The van der Waals surface area contributed by atoms with Crippen LogP contribution < -0.4 is 9.74 Å². The Bertz CT molecular complexity index is 1310. The summed E-state index contributed by atoms with van der Waals surface area (Å²) in [5.41, 5.74) is -0.714. The highest BCUT2D eigenvalue weighted by molar-refractivity contribution is 6.74. The molecular formula is C37H59NO9Si. The van der Waals surface area contributed by atoms with E-state index in [1.165, 1.54) is 0 Å². The van der Waals surface area contributed by atoms with Crippen molar-refractivity contribution in [3.8, 4) is 5.75 Å². The van der Waals surface area contributed by atoms with Gasteiger partial charge in [-0.15, -0.1) is 0 Å². The number of fused-ring (bicyclic) bond motifs is 1. The average molecular weight is 690 g/mol. The molecule has 3 unspecified atom stereocenters. The van der Waals surface area contributed by atoms with Crippen LogP contribution in [0, 0.1) is 10.8 Å². The Kier molecular flexibility index (Phi) is 11.9. The number of rotatable bonds is 18. The number of ether oxygens (including phenoxy) is 3. The molecule has 0 aromatic heterocycles. The van der Waals surface area contributed by atoms with Gasteiger partial charge < -0.3 is 18.6 Å². The lowest BCUT2D eigenvalue weighted by atomic mass is 9.57. The van der Waals surface area contributed by atoms with Crippen LogP contribution in [0.4, 0.5) is 0 Å². The summed E-state index contributed by atoms with van der Waals surface area (Å²) in [4.78, 5) is 47.0. The zero-order valence-electron chi connectivity index (χ0n) is 30.8. The van der Waals surface area contributed by atoms with Crippen LogP contribution in [0.25, 0.3) is 0 Å². The van der Waals surface area contributed by atoms with Gasteiger partial charge >= 0.3 is 5.97 Å². The third kappa shape index (κ3) is 7.70. The number of hydrogen-bond acceptors (Lipinski definition) is 9. The SMILES string of the molecule is CC(C)(COCCCCCCCCCCC(=O)OC1CC(=O)NC1=O)C12OOC1(c1ccccc1O[Si](C)(C)C(C)(C)C)OCC2(C)C. The van der Waals surface area contributed by atoms with Gasteiger partial charge in [-0.05, 0) is 43.1 Å². The molecule has 0 radical (unpaired) electrons. The van der Waals surface area contributed by atoms with Gasteiger partial charge in [0.25, 0.3) is 11.7 Å². The predicted octanol–water partition coefficient (Wildman–Crippen LogP) is 7.49. The van der Waals surface area contributed by atoms with Crippen molar-refractivity contribution in [2.24, 2.45) is 10.8 Å². The molecule has 1 N–H and O–H groups in total. The van der Waals surface area contributed by atoms with E-state index in [2.05, 4.69) is 72.9 Å². The van der Waals surface area contributed by atoms with E-state index < -0.39 is 49.0 Å². The van der Waals surface area contributed by atoms with E-state index in [0.29, 0.717) is 19.8 Å². The van der Waals surface area contributed by atoms with Gasteiger partial charge in [0.2, 0.25) is 14.2 Å². The van der Waals surface area contributed by atoms with E-state index in [0.717, 1.165) is 62.7 Å². The van der Waals surface area contributed by atoms with E-state index in [1.807, 2.05) is 18.2 Å². The zero-order valence-corrected chi connectivity index (χ0v) is 31.8. The molecule has 3 aliphatic rings. The topological polar surface area (TPSA) is 119 Å². The van der Waals surface area contributed by atoms with E-state index in [1.54, 1.807) is 0 Å². The van der Waals surface area contributed by atoms with Gasteiger partial charge in [0.15, 0.2) is 11.7 Å². The molecule has 3 fully saturated rings. The molecule has 0 saturated carbocycles. The second-order valence-electron chi connectivity index (χ2n) is 16.6. The molecule has 4 rings (SSSR count). The first-order valence-corrected chi connectivity index (χ1v) is 20.7. The number of carbonyl (C=O) groups excluding carboxylic acids is 3. The van der Waals surface area contributed by atoms with Crippen molar-refractivity contribution in [2.75, 3.05) is 19.8 Å². The number of para-hydroxylation sites is 1. The molecule has 3 saturated heterocycles. The molecule has 10 nitrogen and oxygen atoms in total. The van der Waals surface area contributed by atoms with Gasteiger partial charge in [-0.25, -0.2) is 4.89 Å². The largest absolute Gasteiger partial charge is 0.543 e. The number of esters is 1. The van der Waals surface area contributed by atoms with Gasteiger partial charge in [0.05, 0.1) is 25.2 Å². The number of hydrogen-bond donors (Lipinski definition) is 1. The first-order valence-electron chi connectivity index (χ1n) is 17.8. The monoisotopic (exact) mass is 689 g/mol. The molecule has 11 heteroatoms. The number of amides is 2. The summed E-state index contributed by atoms with van der Waals surface area (Å²) >= 11 is 0. The average Bonchev–Trinajstić information content (AvgIpc) is 3.36. The van der Waals surface area contributed by atoms with Gasteiger partial charge in [0.1, 0.15) is 5.75 Å². The standard InChI is InChI=1S/C37H59NO9Si/c1-33(2,3)48(8,9)45-28-21-18-17-20-27(28)36-37(47-46-36,35(6,7)26-43-36)34(4,5)25-42-23-19-15-13-11-10-12-14-16-22-31(40)44-29-24-30(39)38-32(29)41/h17-18,20-21,29H,10-16,19,22-26H2,1-9H3,(H,38,39,41). The maximum Gasteiger partial charge on any atom is 0.306 e. The summed E-state index contributed by atoms with van der Waals surface area (Å²) in [6.07, 6.45) is 7.40. The highest BCUT2D eigenvalue weighted by Crippen LogP contribution is 2.70. The van der Waals surface area contributed by atoms with Gasteiger partial charge in [-0.1, -0.05) is 99.1 Å². The van der Waals surface area contributed by atoms with Crippen LogP contribution in [0.3, 0.4) is 0 Å². The number of unbranched alkanes of at least 4 members (excludes halogenated alkanes) is 7. The van der Waals surface area contributed by atoms with E-state index in [9.17, 15) is 14.4 Å². The van der Waals surface area contributed by atoms with Crippen LogP contribution in [0.15, 0.2) is 24.3 Å². The van der Waals surface area contributed by atoms with E-state index in [4.69, 9.17) is 28.4 Å². The van der Waals surface area contributed by atoms with Crippen molar-refractivity contribution in [3.05, 3.63) is 29.8 Å². The second kappa shape index (κ2) is 14.9. The van der Waals surface area contributed by atoms with Gasteiger partial charge in [-0.2, -0.15) is 4.89 Å². The van der Waals surface area contributed by atoms with Crippen LogP contribution in [0.2, 0.25) is 18.1 Å². The minimum atomic E-state index is -2.14. The normalized spacial score (nSPS) is 25.4. The summed E-state index contributed by atoms with van der Waals surface area (Å²) in [6, 6.07) is 8.09. The zero-order chi connectivity index (χ0) is 35.4. The third-order valence-electron chi connectivity index (χ3n) is 10.8. The van der Waals surface area contributed by atoms with Crippen molar-refractivity contribution in [1.29, 1.82) is 0 Å². The van der Waals surface area contributed by atoms with Crippen molar-refractivity contribution < 1.29 is 42.8 Å². The second-order valence-corrected chi connectivity index (χ2v) is 21.3. The molecule has 270 valence electrons. The lowest BCUT2D eigenvalue weighted by molar-refractivity contribution is -0.628. The first-order chi connectivity index (χ1) is 22.4. The van der Waals surface area contributed by atoms with Crippen LogP contribution in [0.5, 0.6) is 5.75 Å². The molecule has 1 aromatic rings. The molecule has 1 aromatic carbocycles. The molecule has 0 spiro atoms. The smallest absolute Gasteiger partial charge is 0.306 e. The van der Waals surface area contributed by atoms with Crippen LogP contribution in [-0.2, 0) is 44.2 Å².